The van der Waals surface area contributed by atoms with Gasteiger partial charge in [0.15, 0.2) is 0 Å². The van der Waals surface area contributed by atoms with Gasteiger partial charge in [-0.25, -0.2) is 0 Å². The van der Waals surface area contributed by atoms with Crippen LogP contribution in [0.3, 0.4) is 0 Å². The minimum absolute atomic E-state index is 0.0157. The van der Waals surface area contributed by atoms with Crippen molar-refractivity contribution in [2.24, 2.45) is 0 Å². The molecule has 0 heterocycles. The normalized spacial score (nSPS) is 21.0. The van der Waals surface area contributed by atoms with Crippen molar-refractivity contribution >= 4 is 28.8 Å². The highest BCUT2D eigenvalue weighted by Crippen LogP contribution is 2.40. The first-order chi connectivity index (χ1) is 13.1. The topological polar surface area (TPSA) is 52.6 Å². The maximum absolute atomic E-state index is 11.5. The third-order valence-corrected chi connectivity index (χ3v) is 11.1. The van der Waals surface area contributed by atoms with E-state index in [4.69, 9.17) is 8.61 Å². The largest absolute Gasteiger partial charge is 0.404 e. The van der Waals surface area contributed by atoms with Crippen LogP contribution >= 0.6 is 0 Å². The van der Waals surface area contributed by atoms with Crippen molar-refractivity contribution in [3.8, 4) is 0 Å². The summed E-state index contributed by atoms with van der Waals surface area (Å²) in [6.45, 7) is 6.75. The summed E-state index contributed by atoms with van der Waals surface area (Å²) in [5.74, 6) is 0. The summed E-state index contributed by atoms with van der Waals surface area (Å²) < 4.78 is 35.3. The molecule has 0 saturated heterocycles. The highest BCUT2D eigenvalue weighted by atomic mass is 32.2. The van der Waals surface area contributed by atoms with E-state index in [1.54, 1.807) is 0 Å². The molecule has 1 aliphatic carbocycles. The van der Waals surface area contributed by atoms with E-state index in [2.05, 4.69) is 69.3 Å². The highest BCUT2D eigenvalue weighted by molar-refractivity contribution is 7.86. The molecule has 1 saturated carbocycles. The van der Waals surface area contributed by atoms with Gasteiger partial charge in [-0.3, -0.25) is 4.18 Å². The molecule has 3 rings (SSSR count). The molecule has 28 heavy (non-hydrogen) atoms. The Labute approximate surface area is 170 Å². The molecule has 6 heteroatoms. The van der Waals surface area contributed by atoms with Crippen molar-refractivity contribution in [1.82, 2.24) is 0 Å². The molecule has 0 radical (unpaired) electrons. The second-order valence-corrected chi connectivity index (χ2v) is 14.5. The Morgan fingerprint density at radius 1 is 0.857 bits per heavy atom. The Bertz CT molecular complexity index is 836. The molecule has 0 aliphatic heterocycles. The van der Waals surface area contributed by atoms with E-state index in [9.17, 15) is 8.42 Å². The predicted molar refractivity (Wildman–Crippen MR) is 116 cm³/mol. The van der Waals surface area contributed by atoms with Crippen molar-refractivity contribution in [1.29, 1.82) is 0 Å². The lowest BCUT2D eigenvalue weighted by molar-refractivity contribution is 0.162. The molecule has 4 nitrogen and oxygen atoms in total. The van der Waals surface area contributed by atoms with E-state index in [1.165, 1.54) is 10.4 Å². The van der Waals surface area contributed by atoms with Crippen LogP contribution in [0.15, 0.2) is 60.7 Å². The van der Waals surface area contributed by atoms with Gasteiger partial charge in [0, 0.05) is 6.10 Å². The first-order valence-corrected chi connectivity index (χ1v) is 13.5. The number of hydrogen-bond acceptors (Lipinski definition) is 4. The molecule has 0 aromatic heterocycles. The molecule has 2 atom stereocenters. The van der Waals surface area contributed by atoms with Crippen LogP contribution in [0.5, 0.6) is 0 Å². The summed E-state index contributed by atoms with van der Waals surface area (Å²) in [7, 11) is -6.06. The van der Waals surface area contributed by atoms with E-state index in [-0.39, 0.29) is 17.2 Å². The molecular weight excluding hydrogens is 388 g/mol. The Kier molecular flexibility index (Phi) is 6.15. The van der Waals surface area contributed by atoms with E-state index in [0.29, 0.717) is 12.8 Å². The number of rotatable bonds is 6. The minimum Gasteiger partial charge on any atom is -0.404 e. The third kappa shape index (κ3) is 4.57. The van der Waals surface area contributed by atoms with E-state index < -0.39 is 18.4 Å². The summed E-state index contributed by atoms with van der Waals surface area (Å²) in [4.78, 5) is 0. The quantitative estimate of drug-likeness (QED) is 0.532. The standard InChI is InChI=1S/C22H30O4SSi/c1-22(2,3)28(20-11-7-5-8-12-20,21-13-9-6-10-14-21)26-19-16-15-18(17-19)25-27(4,23)24/h5-14,18-19H,15-17H2,1-4H3. The van der Waals surface area contributed by atoms with Crippen LogP contribution in [0.25, 0.3) is 0 Å². The lowest BCUT2D eigenvalue weighted by atomic mass is 10.2. The van der Waals surface area contributed by atoms with Gasteiger partial charge in [-0.2, -0.15) is 8.42 Å². The van der Waals surface area contributed by atoms with Crippen LogP contribution in [0.1, 0.15) is 40.0 Å². The predicted octanol–water partition coefficient (Wildman–Crippen LogP) is 3.46. The third-order valence-electron chi connectivity index (χ3n) is 5.41. The molecular formula is C22H30O4SSi. The van der Waals surface area contributed by atoms with Crippen molar-refractivity contribution in [2.75, 3.05) is 6.26 Å². The zero-order valence-corrected chi connectivity index (χ0v) is 18.9. The fourth-order valence-electron chi connectivity index (χ4n) is 4.28. The van der Waals surface area contributed by atoms with Gasteiger partial charge in [-0.1, -0.05) is 81.4 Å². The Morgan fingerprint density at radius 3 is 1.75 bits per heavy atom. The lowest BCUT2D eigenvalue weighted by Gasteiger charge is -2.44. The maximum atomic E-state index is 11.5. The highest BCUT2D eigenvalue weighted by Gasteiger charge is 2.52. The molecule has 1 fully saturated rings. The van der Waals surface area contributed by atoms with Crippen LogP contribution in [-0.4, -0.2) is 35.2 Å². The average Bonchev–Trinajstić information content (AvgIpc) is 3.05. The van der Waals surface area contributed by atoms with Crippen LogP contribution in [0.4, 0.5) is 0 Å². The molecule has 2 aromatic carbocycles. The smallest absolute Gasteiger partial charge is 0.264 e. The lowest BCUT2D eigenvalue weighted by Crippen LogP contribution is -2.67. The number of benzene rings is 2. The molecule has 0 amide bonds. The van der Waals surface area contributed by atoms with Gasteiger partial charge in [0.1, 0.15) is 0 Å². The summed E-state index contributed by atoms with van der Waals surface area (Å²) in [6.07, 6.45) is 2.93. The molecule has 0 bridgehead atoms. The van der Waals surface area contributed by atoms with Gasteiger partial charge < -0.3 is 4.43 Å². The van der Waals surface area contributed by atoms with Crippen molar-refractivity contribution < 1.29 is 17.0 Å². The summed E-state index contributed by atoms with van der Waals surface area (Å²) in [6, 6.07) is 21.0. The fraction of sp³-hybridized carbons (Fsp3) is 0.455. The van der Waals surface area contributed by atoms with Crippen LogP contribution in [-0.2, 0) is 18.7 Å². The van der Waals surface area contributed by atoms with Crippen LogP contribution in [0, 0.1) is 0 Å². The maximum Gasteiger partial charge on any atom is 0.264 e. The SMILES string of the molecule is CC(C)(C)[Si](OC1CCC(OS(C)(=O)=O)C1)(c1ccccc1)c1ccccc1. The molecule has 2 unspecified atom stereocenters. The molecule has 0 spiro atoms. The van der Waals surface area contributed by atoms with Gasteiger partial charge in [0.05, 0.1) is 12.4 Å². The molecule has 0 N–H and O–H groups in total. The van der Waals surface area contributed by atoms with Crippen molar-refractivity contribution in [3.63, 3.8) is 0 Å². The van der Waals surface area contributed by atoms with Crippen molar-refractivity contribution in [2.45, 2.75) is 57.3 Å². The summed E-state index contributed by atoms with van der Waals surface area (Å²) in [5, 5.41) is 2.38. The molecule has 2 aromatic rings. The zero-order chi connectivity index (χ0) is 20.4. The van der Waals surface area contributed by atoms with Gasteiger partial charge in [-0.15, -0.1) is 0 Å². The first kappa shape index (κ1) is 21.2. The van der Waals surface area contributed by atoms with Crippen LogP contribution < -0.4 is 10.4 Å². The monoisotopic (exact) mass is 418 g/mol. The fourth-order valence-corrected chi connectivity index (χ4v) is 9.68. The van der Waals surface area contributed by atoms with E-state index in [0.717, 1.165) is 12.7 Å². The second kappa shape index (κ2) is 8.11. The average molecular weight is 419 g/mol. The Hall–Kier alpha value is -1.47. The Balaban J connectivity index is 2.00. The van der Waals surface area contributed by atoms with Crippen molar-refractivity contribution in [3.05, 3.63) is 60.7 Å². The van der Waals surface area contributed by atoms with E-state index in [1.807, 2.05) is 12.1 Å². The second-order valence-electron chi connectivity index (χ2n) is 8.64. The van der Waals surface area contributed by atoms with Gasteiger partial charge >= 0.3 is 0 Å². The van der Waals surface area contributed by atoms with Gasteiger partial charge in [-0.05, 0) is 34.7 Å². The first-order valence-electron chi connectivity index (χ1n) is 9.79. The summed E-state index contributed by atoms with van der Waals surface area (Å²) >= 11 is 0. The Morgan fingerprint density at radius 2 is 1.32 bits per heavy atom. The van der Waals surface area contributed by atoms with Crippen LogP contribution in [0.2, 0.25) is 5.04 Å². The van der Waals surface area contributed by atoms with E-state index >= 15 is 0 Å². The molecule has 1 aliphatic rings. The number of hydrogen-bond donors (Lipinski definition) is 0. The van der Waals surface area contributed by atoms with Gasteiger partial charge in [0.2, 0.25) is 0 Å². The summed E-state index contributed by atoms with van der Waals surface area (Å²) in [5.41, 5.74) is 0. The minimum atomic E-state index is -3.45. The molecule has 152 valence electrons. The zero-order valence-electron chi connectivity index (χ0n) is 17.1. The van der Waals surface area contributed by atoms with Gasteiger partial charge in [0.25, 0.3) is 18.4 Å².